The van der Waals surface area contributed by atoms with Crippen LogP contribution in [0.4, 0.5) is 5.69 Å². The van der Waals surface area contributed by atoms with Crippen LogP contribution in [-0.4, -0.2) is 35.1 Å². The molecule has 4 nitrogen and oxygen atoms in total. The minimum atomic E-state index is -0.0693. The van der Waals surface area contributed by atoms with Crippen LogP contribution in [0.15, 0.2) is 18.2 Å². The zero-order chi connectivity index (χ0) is 16.0. The van der Waals surface area contributed by atoms with Crippen molar-refractivity contribution in [2.75, 3.05) is 18.4 Å². The van der Waals surface area contributed by atoms with Crippen molar-refractivity contribution < 1.29 is 4.79 Å². The van der Waals surface area contributed by atoms with E-state index in [0.29, 0.717) is 27.4 Å². The molecule has 0 aliphatic heterocycles. The quantitative estimate of drug-likeness (QED) is 0.799. The Morgan fingerprint density at radius 1 is 1.29 bits per heavy atom. The van der Waals surface area contributed by atoms with E-state index in [9.17, 15) is 4.79 Å². The summed E-state index contributed by atoms with van der Waals surface area (Å²) in [5, 5.41) is 7.37. The average Bonchev–Trinajstić information content (AvgIpc) is 2.33. The summed E-state index contributed by atoms with van der Waals surface area (Å²) in [6.07, 6.45) is 0. The van der Waals surface area contributed by atoms with Crippen LogP contribution < -0.4 is 10.6 Å². The molecule has 0 spiro atoms. The van der Waals surface area contributed by atoms with E-state index < -0.39 is 0 Å². The highest BCUT2D eigenvalue weighted by Gasteiger charge is 2.13. The van der Waals surface area contributed by atoms with E-state index in [1.54, 1.807) is 23.1 Å². The van der Waals surface area contributed by atoms with E-state index >= 15 is 0 Å². The highest BCUT2D eigenvalue weighted by molar-refractivity contribution is 7.80. The molecule has 2 N–H and O–H groups in total. The lowest BCUT2D eigenvalue weighted by atomic mass is 10.3. The van der Waals surface area contributed by atoms with E-state index in [-0.39, 0.29) is 18.5 Å². The Morgan fingerprint density at radius 2 is 1.86 bits per heavy atom. The molecule has 0 unspecified atom stereocenters. The van der Waals surface area contributed by atoms with Gasteiger partial charge in [-0.05, 0) is 51.2 Å². The number of rotatable bonds is 5. The molecular weight excluding hydrogens is 329 g/mol. The van der Waals surface area contributed by atoms with Crippen molar-refractivity contribution >= 4 is 52.1 Å². The first-order chi connectivity index (χ1) is 9.81. The Morgan fingerprint density at radius 3 is 2.33 bits per heavy atom. The predicted octanol–water partition coefficient (Wildman–Crippen LogP) is 3.54. The summed E-state index contributed by atoms with van der Waals surface area (Å²) < 4.78 is 0. The number of thiocarbonyl (C=S) groups is 1. The molecule has 0 aromatic heterocycles. The van der Waals surface area contributed by atoms with Crippen LogP contribution in [0, 0.1) is 0 Å². The zero-order valence-electron chi connectivity index (χ0n) is 12.2. The van der Waals surface area contributed by atoms with Crippen LogP contribution in [0.5, 0.6) is 0 Å². The number of anilines is 1. The Bertz CT molecular complexity index is 503. The third-order valence-electron chi connectivity index (χ3n) is 2.57. The lowest BCUT2D eigenvalue weighted by Crippen LogP contribution is -2.44. The topological polar surface area (TPSA) is 44.4 Å². The van der Waals surface area contributed by atoms with Crippen LogP contribution in [0.2, 0.25) is 10.0 Å². The molecule has 116 valence electrons. The standard InChI is InChI=1S/C14H19Cl2N3OS/c1-4-19(8-13(20)17-9(2)3)14(21)18-12-6-10(15)5-11(16)7-12/h5-7,9H,4,8H2,1-3H3,(H,17,20)(H,18,21). The molecule has 0 atom stereocenters. The van der Waals surface area contributed by atoms with Gasteiger partial charge in [0.2, 0.25) is 5.91 Å². The van der Waals surface area contributed by atoms with E-state index in [1.165, 1.54) is 0 Å². The number of carbonyl (C=O) groups excluding carboxylic acids is 1. The fourth-order valence-corrected chi connectivity index (χ4v) is 2.53. The molecule has 0 aliphatic carbocycles. The average molecular weight is 348 g/mol. The number of hydrogen-bond donors (Lipinski definition) is 2. The van der Waals surface area contributed by atoms with Crippen LogP contribution in [0.3, 0.4) is 0 Å². The summed E-state index contributed by atoms with van der Waals surface area (Å²) >= 11 is 17.2. The number of nitrogens with zero attached hydrogens (tertiary/aromatic N) is 1. The number of carbonyl (C=O) groups is 1. The second-order valence-electron chi connectivity index (χ2n) is 4.82. The van der Waals surface area contributed by atoms with Crippen molar-refractivity contribution in [3.05, 3.63) is 28.2 Å². The SMILES string of the molecule is CCN(CC(=O)NC(C)C)C(=S)Nc1cc(Cl)cc(Cl)c1. The summed E-state index contributed by atoms with van der Waals surface area (Å²) in [6.45, 7) is 6.58. The van der Waals surface area contributed by atoms with Gasteiger partial charge in [-0.1, -0.05) is 23.2 Å². The maximum Gasteiger partial charge on any atom is 0.239 e. The molecule has 0 radical (unpaired) electrons. The van der Waals surface area contributed by atoms with Crippen molar-refractivity contribution in [1.82, 2.24) is 10.2 Å². The van der Waals surface area contributed by atoms with E-state index in [1.807, 2.05) is 20.8 Å². The van der Waals surface area contributed by atoms with E-state index in [0.717, 1.165) is 0 Å². The van der Waals surface area contributed by atoms with Crippen LogP contribution >= 0.6 is 35.4 Å². The summed E-state index contributed by atoms with van der Waals surface area (Å²) in [5.74, 6) is -0.0693. The molecule has 0 saturated heterocycles. The van der Waals surface area contributed by atoms with Gasteiger partial charge in [0.15, 0.2) is 5.11 Å². The largest absolute Gasteiger partial charge is 0.352 e. The Kier molecular flexibility index (Phi) is 7.22. The van der Waals surface area contributed by atoms with Crippen molar-refractivity contribution in [1.29, 1.82) is 0 Å². The first kappa shape index (κ1) is 18.0. The van der Waals surface area contributed by atoms with Crippen molar-refractivity contribution in [3.63, 3.8) is 0 Å². The smallest absolute Gasteiger partial charge is 0.239 e. The molecule has 0 fully saturated rings. The monoisotopic (exact) mass is 347 g/mol. The van der Waals surface area contributed by atoms with Crippen LogP contribution in [-0.2, 0) is 4.79 Å². The molecule has 0 bridgehead atoms. The van der Waals surface area contributed by atoms with Crippen molar-refractivity contribution in [2.24, 2.45) is 0 Å². The molecular formula is C14H19Cl2N3OS. The Balaban J connectivity index is 2.68. The number of nitrogens with one attached hydrogen (secondary N) is 2. The molecule has 0 aliphatic rings. The maximum atomic E-state index is 11.8. The first-order valence-electron chi connectivity index (χ1n) is 6.63. The third kappa shape index (κ3) is 6.50. The second kappa shape index (κ2) is 8.41. The van der Waals surface area contributed by atoms with Gasteiger partial charge in [0.1, 0.15) is 0 Å². The first-order valence-corrected chi connectivity index (χ1v) is 7.79. The van der Waals surface area contributed by atoms with Gasteiger partial charge in [-0.3, -0.25) is 4.79 Å². The highest BCUT2D eigenvalue weighted by Crippen LogP contribution is 2.22. The number of hydrogen-bond acceptors (Lipinski definition) is 2. The van der Waals surface area contributed by atoms with E-state index in [2.05, 4.69) is 10.6 Å². The lowest BCUT2D eigenvalue weighted by Gasteiger charge is -2.24. The zero-order valence-corrected chi connectivity index (χ0v) is 14.6. The van der Waals surface area contributed by atoms with Crippen LogP contribution in [0.1, 0.15) is 20.8 Å². The number of benzene rings is 1. The Hall–Kier alpha value is -1.04. The minimum Gasteiger partial charge on any atom is -0.352 e. The number of amides is 1. The molecule has 1 rings (SSSR count). The predicted molar refractivity (Wildman–Crippen MR) is 93.2 cm³/mol. The van der Waals surface area contributed by atoms with Gasteiger partial charge >= 0.3 is 0 Å². The second-order valence-corrected chi connectivity index (χ2v) is 6.08. The fourth-order valence-electron chi connectivity index (χ4n) is 1.70. The lowest BCUT2D eigenvalue weighted by molar-refractivity contribution is -0.121. The summed E-state index contributed by atoms with van der Waals surface area (Å²) in [6, 6.07) is 5.19. The fraction of sp³-hybridized carbons (Fsp3) is 0.429. The van der Waals surface area contributed by atoms with Gasteiger partial charge < -0.3 is 15.5 Å². The van der Waals surface area contributed by atoms with Gasteiger partial charge in [0, 0.05) is 28.3 Å². The maximum absolute atomic E-state index is 11.8. The molecule has 1 aromatic rings. The molecule has 21 heavy (non-hydrogen) atoms. The number of likely N-dealkylation sites (N-methyl/N-ethyl adjacent to an activating group) is 1. The van der Waals surface area contributed by atoms with Crippen molar-refractivity contribution in [2.45, 2.75) is 26.8 Å². The summed E-state index contributed by atoms with van der Waals surface area (Å²) in [7, 11) is 0. The molecule has 0 saturated carbocycles. The highest BCUT2D eigenvalue weighted by atomic mass is 35.5. The summed E-state index contributed by atoms with van der Waals surface area (Å²) in [4.78, 5) is 13.6. The van der Waals surface area contributed by atoms with Gasteiger partial charge in [-0.2, -0.15) is 0 Å². The molecule has 1 aromatic carbocycles. The van der Waals surface area contributed by atoms with Gasteiger partial charge in [-0.15, -0.1) is 0 Å². The van der Waals surface area contributed by atoms with E-state index in [4.69, 9.17) is 35.4 Å². The normalized spacial score (nSPS) is 10.4. The third-order valence-corrected chi connectivity index (χ3v) is 3.36. The Labute approximate surface area is 140 Å². The summed E-state index contributed by atoms with van der Waals surface area (Å²) in [5.41, 5.74) is 0.695. The molecule has 7 heteroatoms. The van der Waals surface area contributed by atoms with Gasteiger partial charge in [0.05, 0.1) is 6.54 Å². The molecule has 1 amide bonds. The van der Waals surface area contributed by atoms with Crippen LogP contribution in [0.25, 0.3) is 0 Å². The minimum absolute atomic E-state index is 0.0693. The van der Waals surface area contributed by atoms with Gasteiger partial charge in [-0.25, -0.2) is 0 Å². The molecule has 0 heterocycles. The number of halogens is 2. The van der Waals surface area contributed by atoms with Crippen molar-refractivity contribution in [3.8, 4) is 0 Å². The van der Waals surface area contributed by atoms with Gasteiger partial charge in [0.25, 0.3) is 0 Å².